The van der Waals surface area contributed by atoms with Crippen LogP contribution in [0.25, 0.3) is 0 Å². The van der Waals surface area contributed by atoms with E-state index in [0.29, 0.717) is 13.2 Å². The molecule has 1 aromatic rings. The highest BCUT2D eigenvalue weighted by Gasteiger charge is 2.32. The van der Waals surface area contributed by atoms with Crippen molar-refractivity contribution in [2.24, 2.45) is 0 Å². The second-order valence-electron chi connectivity index (χ2n) is 5.75. The number of hydrogen-bond donors (Lipinski definition) is 0. The van der Waals surface area contributed by atoms with Crippen molar-refractivity contribution in [3.8, 4) is 0 Å². The van der Waals surface area contributed by atoms with Crippen LogP contribution in [-0.2, 0) is 10.2 Å². The second kappa shape index (κ2) is 4.63. The molecular formula is C15H21NO2. The highest BCUT2D eigenvalue weighted by Crippen LogP contribution is 2.29. The first-order chi connectivity index (χ1) is 8.43. The van der Waals surface area contributed by atoms with Crippen LogP contribution in [0.1, 0.15) is 44.9 Å². The number of cyclic esters (lactones) is 1. The van der Waals surface area contributed by atoms with Gasteiger partial charge in [-0.2, -0.15) is 0 Å². The summed E-state index contributed by atoms with van der Waals surface area (Å²) in [5.41, 5.74) is 2.61. The van der Waals surface area contributed by atoms with Gasteiger partial charge in [-0.25, -0.2) is 4.79 Å². The van der Waals surface area contributed by atoms with Gasteiger partial charge in [0, 0.05) is 6.54 Å². The number of amides is 1. The zero-order valence-electron chi connectivity index (χ0n) is 11.6. The Balaban J connectivity index is 2.22. The Bertz CT molecular complexity index is 431. The Morgan fingerprint density at radius 2 is 1.89 bits per heavy atom. The van der Waals surface area contributed by atoms with Gasteiger partial charge in [-0.15, -0.1) is 0 Å². The predicted molar refractivity (Wildman–Crippen MR) is 71.6 cm³/mol. The van der Waals surface area contributed by atoms with Gasteiger partial charge in [0.15, 0.2) is 0 Å². The molecule has 1 amide bonds. The van der Waals surface area contributed by atoms with E-state index in [0.717, 1.165) is 5.56 Å². The highest BCUT2D eigenvalue weighted by molar-refractivity contribution is 5.70. The van der Waals surface area contributed by atoms with Gasteiger partial charge in [0.1, 0.15) is 6.61 Å². The SMILES string of the molecule is CCN1C(=O)OCC1c1ccc(C(C)(C)C)cc1. The molecule has 1 saturated heterocycles. The van der Waals surface area contributed by atoms with Crippen LogP contribution in [0, 0.1) is 0 Å². The van der Waals surface area contributed by atoms with Gasteiger partial charge in [0.2, 0.25) is 0 Å². The fourth-order valence-electron chi connectivity index (χ4n) is 2.28. The zero-order chi connectivity index (χ0) is 13.3. The molecular weight excluding hydrogens is 226 g/mol. The monoisotopic (exact) mass is 247 g/mol. The molecule has 0 aromatic heterocycles. The number of nitrogens with zero attached hydrogens (tertiary/aromatic N) is 1. The topological polar surface area (TPSA) is 29.5 Å². The minimum Gasteiger partial charge on any atom is -0.447 e. The van der Waals surface area contributed by atoms with Crippen LogP contribution in [0.3, 0.4) is 0 Å². The molecule has 1 fully saturated rings. The molecule has 1 heterocycles. The van der Waals surface area contributed by atoms with Crippen molar-refractivity contribution >= 4 is 6.09 Å². The Hall–Kier alpha value is -1.51. The van der Waals surface area contributed by atoms with Gasteiger partial charge < -0.3 is 4.74 Å². The normalized spacial score (nSPS) is 20.1. The Labute approximate surface area is 109 Å². The zero-order valence-corrected chi connectivity index (χ0v) is 11.6. The van der Waals surface area contributed by atoms with E-state index in [-0.39, 0.29) is 17.6 Å². The summed E-state index contributed by atoms with van der Waals surface area (Å²) in [6, 6.07) is 8.57. The van der Waals surface area contributed by atoms with E-state index >= 15 is 0 Å². The van der Waals surface area contributed by atoms with Crippen molar-refractivity contribution in [1.82, 2.24) is 4.90 Å². The maximum absolute atomic E-state index is 11.5. The quantitative estimate of drug-likeness (QED) is 0.800. The molecule has 0 spiro atoms. The van der Waals surface area contributed by atoms with E-state index in [1.807, 2.05) is 6.92 Å². The number of carbonyl (C=O) groups is 1. The maximum atomic E-state index is 11.5. The van der Waals surface area contributed by atoms with Crippen LogP contribution >= 0.6 is 0 Å². The predicted octanol–water partition coefficient (Wildman–Crippen LogP) is 3.50. The third-order valence-electron chi connectivity index (χ3n) is 3.48. The molecule has 1 unspecified atom stereocenters. The lowest BCUT2D eigenvalue weighted by atomic mass is 9.86. The largest absolute Gasteiger partial charge is 0.447 e. The summed E-state index contributed by atoms with van der Waals surface area (Å²) in [5.74, 6) is 0. The van der Waals surface area contributed by atoms with Crippen molar-refractivity contribution in [2.75, 3.05) is 13.2 Å². The molecule has 0 saturated carbocycles. The van der Waals surface area contributed by atoms with Crippen molar-refractivity contribution in [3.63, 3.8) is 0 Å². The van der Waals surface area contributed by atoms with Crippen LogP contribution in [0.4, 0.5) is 4.79 Å². The first kappa shape index (κ1) is 12.9. The van der Waals surface area contributed by atoms with Gasteiger partial charge in [0.25, 0.3) is 0 Å². The van der Waals surface area contributed by atoms with E-state index in [1.54, 1.807) is 4.90 Å². The lowest BCUT2D eigenvalue weighted by Crippen LogP contribution is -2.27. The average molecular weight is 247 g/mol. The Kier molecular flexibility index (Phi) is 3.33. The van der Waals surface area contributed by atoms with E-state index in [2.05, 4.69) is 45.0 Å². The summed E-state index contributed by atoms with van der Waals surface area (Å²) in [6.07, 6.45) is -0.206. The van der Waals surface area contributed by atoms with E-state index in [9.17, 15) is 4.79 Å². The van der Waals surface area contributed by atoms with Gasteiger partial charge in [-0.3, -0.25) is 4.90 Å². The van der Waals surface area contributed by atoms with Crippen LogP contribution in [-0.4, -0.2) is 24.1 Å². The average Bonchev–Trinajstić information content (AvgIpc) is 2.69. The number of ether oxygens (including phenoxy) is 1. The number of likely N-dealkylation sites (N-methyl/N-ethyl adjacent to an activating group) is 1. The smallest absolute Gasteiger partial charge is 0.410 e. The molecule has 0 radical (unpaired) electrons. The van der Waals surface area contributed by atoms with Gasteiger partial charge in [-0.05, 0) is 23.5 Å². The summed E-state index contributed by atoms with van der Waals surface area (Å²) in [7, 11) is 0. The van der Waals surface area contributed by atoms with Crippen molar-refractivity contribution in [3.05, 3.63) is 35.4 Å². The molecule has 0 aliphatic carbocycles. The highest BCUT2D eigenvalue weighted by atomic mass is 16.6. The number of carbonyl (C=O) groups excluding carboxylic acids is 1. The van der Waals surface area contributed by atoms with Gasteiger partial charge in [0.05, 0.1) is 6.04 Å². The lowest BCUT2D eigenvalue weighted by Gasteiger charge is -2.22. The first-order valence-corrected chi connectivity index (χ1v) is 6.47. The van der Waals surface area contributed by atoms with Crippen LogP contribution in [0.2, 0.25) is 0 Å². The fraction of sp³-hybridized carbons (Fsp3) is 0.533. The van der Waals surface area contributed by atoms with Crippen molar-refractivity contribution in [2.45, 2.75) is 39.2 Å². The van der Waals surface area contributed by atoms with Gasteiger partial charge >= 0.3 is 6.09 Å². The summed E-state index contributed by atoms with van der Waals surface area (Å²) >= 11 is 0. The first-order valence-electron chi connectivity index (χ1n) is 6.47. The summed E-state index contributed by atoms with van der Waals surface area (Å²) in [6.45, 7) is 9.71. The molecule has 18 heavy (non-hydrogen) atoms. The summed E-state index contributed by atoms with van der Waals surface area (Å²) in [4.78, 5) is 13.3. The standard InChI is InChI=1S/C15H21NO2/c1-5-16-13(10-18-14(16)17)11-6-8-12(9-7-11)15(2,3)4/h6-9,13H,5,10H2,1-4H3. The molecule has 98 valence electrons. The molecule has 1 aliphatic rings. The maximum Gasteiger partial charge on any atom is 0.410 e. The van der Waals surface area contributed by atoms with Crippen molar-refractivity contribution < 1.29 is 9.53 Å². The molecule has 1 aliphatic heterocycles. The Morgan fingerprint density at radius 1 is 1.28 bits per heavy atom. The van der Waals surface area contributed by atoms with E-state index in [4.69, 9.17) is 4.74 Å². The molecule has 1 aromatic carbocycles. The Morgan fingerprint density at radius 3 is 2.39 bits per heavy atom. The molecule has 1 atom stereocenters. The summed E-state index contributed by atoms with van der Waals surface area (Å²) < 4.78 is 5.11. The minimum absolute atomic E-state index is 0.0662. The molecule has 0 N–H and O–H groups in total. The molecule has 0 bridgehead atoms. The van der Waals surface area contributed by atoms with Crippen LogP contribution < -0.4 is 0 Å². The second-order valence-corrected chi connectivity index (χ2v) is 5.75. The molecule has 3 heteroatoms. The van der Waals surface area contributed by atoms with Gasteiger partial charge in [-0.1, -0.05) is 45.0 Å². The number of rotatable bonds is 2. The van der Waals surface area contributed by atoms with Crippen LogP contribution in [0.15, 0.2) is 24.3 Å². The third kappa shape index (κ3) is 2.35. The fourth-order valence-corrected chi connectivity index (χ4v) is 2.28. The summed E-state index contributed by atoms with van der Waals surface area (Å²) in [5, 5.41) is 0. The third-order valence-corrected chi connectivity index (χ3v) is 3.48. The van der Waals surface area contributed by atoms with E-state index < -0.39 is 0 Å². The molecule has 3 nitrogen and oxygen atoms in total. The lowest BCUT2D eigenvalue weighted by molar-refractivity contribution is 0.159. The molecule has 2 rings (SSSR count). The van der Waals surface area contributed by atoms with Crippen molar-refractivity contribution in [1.29, 1.82) is 0 Å². The number of benzene rings is 1. The van der Waals surface area contributed by atoms with Crippen LogP contribution in [0.5, 0.6) is 0 Å². The minimum atomic E-state index is -0.206. The van der Waals surface area contributed by atoms with E-state index in [1.165, 1.54) is 5.56 Å². The number of hydrogen-bond acceptors (Lipinski definition) is 2.